The van der Waals surface area contributed by atoms with E-state index in [1.54, 1.807) is 30.4 Å². The molecule has 0 saturated heterocycles. The Morgan fingerprint density at radius 2 is 2.26 bits per heavy atom. The Bertz CT molecular complexity index is 555. The first-order chi connectivity index (χ1) is 9.20. The van der Waals surface area contributed by atoms with Gasteiger partial charge in [0.05, 0.1) is 11.5 Å². The summed E-state index contributed by atoms with van der Waals surface area (Å²) >= 11 is 1.64. The third kappa shape index (κ3) is 3.45. The first-order valence-electron chi connectivity index (χ1n) is 5.87. The molecule has 0 bridgehead atoms. The number of ether oxygens (including phenoxy) is 1. The van der Waals surface area contributed by atoms with Gasteiger partial charge in [-0.1, -0.05) is 0 Å². The normalized spacial score (nSPS) is 10.2. The van der Waals surface area contributed by atoms with E-state index in [9.17, 15) is 10.1 Å². The molecule has 5 nitrogen and oxygen atoms in total. The molecule has 0 unspecified atom stereocenters. The van der Waals surface area contributed by atoms with Crippen LogP contribution >= 0.6 is 11.3 Å². The Kier molecular flexibility index (Phi) is 4.35. The SMILES string of the molecule is CCOc1cc(NCc2ccsc2)ccc1[N+](=O)[O-]. The quantitative estimate of drug-likeness (QED) is 0.647. The van der Waals surface area contributed by atoms with E-state index >= 15 is 0 Å². The van der Waals surface area contributed by atoms with E-state index in [2.05, 4.69) is 10.7 Å². The monoisotopic (exact) mass is 278 g/mol. The summed E-state index contributed by atoms with van der Waals surface area (Å²) in [5.41, 5.74) is 1.98. The van der Waals surface area contributed by atoms with Crippen molar-refractivity contribution >= 4 is 22.7 Å². The Balaban J connectivity index is 2.13. The topological polar surface area (TPSA) is 64.4 Å². The lowest BCUT2D eigenvalue weighted by molar-refractivity contribution is -0.385. The molecule has 0 saturated carbocycles. The second-order valence-electron chi connectivity index (χ2n) is 3.86. The first-order valence-corrected chi connectivity index (χ1v) is 6.81. The molecule has 100 valence electrons. The molecule has 0 amide bonds. The van der Waals surface area contributed by atoms with Gasteiger partial charge in [0, 0.05) is 24.4 Å². The third-order valence-corrected chi connectivity index (χ3v) is 3.27. The van der Waals surface area contributed by atoms with Crippen LogP contribution < -0.4 is 10.1 Å². The fourth-order valence-electron chi connectivity index (χ4n) is 1.64. The van der Waals surface area contributed by atoms with Gasteiger partial charge in [0.25, 0.3) is 0 Å². The third-order valence-electron chi connectivity index (χ3n) is 2.53. The van der Waals surface area contributed by atoms with Gasteiger partial charge >= 0.3 is 5.69 Å². The van der Waals surface area contributed by atoms with Crippen LogP contribution in [0, 0.1) is 10.1 Å². The van der Waals surface area contributed by atoms with Gasteiger partial charge in [-0.05, 0) is 35.4 Å². The van der Waals surface area contributed by atoms with Crippen LogP contribution in [0.25, 0.3) is 0 Å². The molecule has 0 radical (unpaired) electrons. The van der Waals surface area contributed by atoms with Gasteiger partial charge in [-0.25, -0.2) is 0 Å². The van der Waals surface area contributed by atoms with Gasteiger partial charge in [-0.15, -0.1) is 0 Å². The Labute approximate surface area is 115 Å². The predicted molar refractivity (Wildman–Crippen MR) is 75.9 cm³/mol. The van der Waals surface area contributed by atoms with Crippen LogP contribution in [0.15, 0.2) is 35.0 Å². The van der Waals surface area contributed by atoms with E-state index < -0.39 is 4.92 Å². The van der Waals surface area contributed by atoms with Crippen LogP contribution in [0.3, 0.4) is 0 Å². The van der Waals surface area contributed by atoms with E-state index in [4.69, 9.17) is 4.74 Å². The zero-order valence-electron chi connectivity index (χ0n) is 10.5. The van der Waals surface area contributed by atoms with Gasteiger partial charge in [0.1, 0.15) is 0 Å². The number of hydrogen-bond donors (Lipinski definition) is 1. The number of hydrogen-bond acceptors (Lipinski definition) is 5. The maximum Gasteiger partial charge on any atom is 0.311 e. The van der Waals surface area contributed by atoms with Gasteiger partial charge in [0.2, 0.25) is 0 Å². The summed E-state index contributed by atoms with van der Waals surface area (Å²) in [6.07, 6.45) is 0. The van der Waals surface area contributed by atoms with Crippen LogP contribution in [0.2, 0.25) is 0 Å². The standard InChI is InChI=1S/C13H14N2O3S/c1-2-18-13-7-11(3-4-12(13)15(16)17)14-8-10-5-6-19-9-10/h3-7,9,14H,2,8H2,1H3. The lowest BCUT2D eigenvalue weighted by atomic mass is 10.2. The average Bonchev–Trinajstić information content (AvgIpc) is 2.90. The van der Waals surface area contributed by atoms with Gasteiger partial charge in [-0.3, -0.25) is 10.1 Å². The molecule has 2 aromatic rings. The van der Waals surface area contributed by atoms with E-state index in [-0.39, 0.29) is 5.69 Å². The summed E-state index contributed by atoms with van der Waals surface area (Å²) in [5, 5.41) is 18.1. The molecule has 0 spiro atoms. The Morgan fingerprint density at radius 1 is 1.42 bits per heavy atom. The van der Waals surface area contributed by atoms with E-state index in [0.29, 0.717) is 18.9 Å². The van der Waals surface area contributed by atoms with Crippen LogP contribution in [0.1, 0.15) is 12.5 Å². The fraction of sp³-hybridized carbons (Fsp3) is 0.231. The van der Waals surface area contributed by atoms with Gasteiger partial charge < -0.3 is 10.1 Å². The van der Waals surface area contributed by atoms with E-state index in [1.165, 1.54) is 11.6 Å². The van der Waals surface area contributed by atoms with Gasteiger partial charge in [-0.2, -0.15) is 11.3 Å². The zero-order chi connectivity index (χ0) is 13.7. The van der Waals surface area contributed by atoms with Crippen LogP contribution in [-0.4, -0.2) is 11.5 Å². The molecule has 0 aliphatic carbocycles. The smallest absolute Gasteiger partial charge is 0.311 e. The number of benzene rings is 1. The van der Waals surface area contributed by atoms with Crippen molar-refractivity contribution in [3.8, 4) is 5.75 Å². The molecule has 0 fully saturated rings. The number of rotatable bonds is 6. The second kappa shape index (κ2) is 6.19. The van der Waals surface area contributed by atoms with Crippen molar-refractivity contribution in [3.05, 3.63) is 50.7 Å². The average molecular weight is 278 g/mol. The highest BCUT2D eigenvalue weighted by atomic mass is 32.1. The molecule has 1 heterocycles. The van der Waals surface area contributed by atoms with Crippen LogP contribution in [0.4, 0.5) is 11.4 Å². The summed E-state index contributed by atoms with van der Waals surface area (Å²) in [6.45, 7) is 2.89. The lowest BCUT2D eigenvalue weighted by Gasteiger charge is -2.08. The summed E-state index contributed by atoms with van der Waals surface area (Å²) < 4.78 is 5.30. The molecule has 0 aliphatic heterocycles. The molecule has 1 N–H and O–H groups in total. The summed E-state index contributed by atoms with van der Waals surface area (Å²) in [7, 11) is 0. The maximum absolute atomic E-state index is 10.9. The van der Waals surface area contributed by atoms with Crippen LogP contribution in [0.5, 0.6) is 5.75 Å². The molecule has 0 aliphatic rings. The van der Waals surface area contributed by atoms with Crippen molar-refractivity contribution < 1.29 is 9.66 Å². The summed E-state index contributed by atoms with van der Waals surface area (Å²) in [5.74, 6) is 0.294. The maximum atomic E-state index is 10.9. The molecular weight excluding hydrogens is 264 g/mol. The fourth-order valence-corrected chi connectivity index (χ4v) is 2.31. The molecular formula is C13H14N2O3S. The molecule has 19 heavy (non-hydrogen) atoms. The van der Waals surface area contributed by atoms with Crippen molar-refractivity contribution in [2.75, 3.05) is 11.9 Å². The van der Waals surface area contributed by atoms with E-state index in [0.717, 1.165) is 5.69 Å². The zero-order valence-corrected chi connectivity index (χ0v) is 11.3. The highest BCUT2D eigenvalue weighted by Crippen LogP contribution is 2.30. The van der Waals surface area contributed by atoms with E-state index in [1.807, 2.05) is 11.4 Å². The second-order valence-corrected chi connectivity index (χ2v) is 4.64. The number of nitrogens with one attached hydrogen (secondary N) is 1. The molecule has 1 aromatic carbocycles. The van der Waals surface area contributed by atoms with Crippen molar-refractivity contribution in [2.45, 2.75) is 13.5 Å². The van der Waals surface area contributed by atoms with Crippen molar-refractivity contribution in [2.24, 2.45) is 0 Å². The van der Waals surface area contributed by atoms with Gasteiger partial charge in [0.15, 0.2) is 5.75 Å². The summed E-state index contributed by atoms with van der Waals surface area (Å²) in [6, 6.07) is 6.84. The first kappa shape index (κ1) is 13.4. The number of nitro benzene ring substituents is 1. The van der Waals surface area contributed by atoms with Crippen molar-refractivity contribution in [3.63, 3.8) is 0 Å². The minimum atomic E-state index is -0.437. The molecule has 1 aromatic heterocycles. The Hall–Kier alpha value is -2.08. The highest BCUT2D eigenvalue weighted by Gasteiger charge is 2.15. The molecule has 2 rings (SSSR count). The number of thiophene rings is 1. The van der Waals surface area contributed by atoms with Crippen molar-refractivity contribution in [1.29, 1.82) is 0 Å². The molecule has 6 heteroatoms. The number of anilines is 1. The summed E-state index contributed by atoms with van der Waals surface area (Å²) in [4.78, 5) is 10.4. The minimum absolute atomic E-state index is 0.0112. The van der Waals surface area contributed by atoms with Crippen LogP contribution in [-0.2, 0) is 6.54 Å². The van der Waals surface area contributed by atoms with Crippen molar-refractivity contribution in [1.82, 2.24) is 0 Å². The predicted octanol–water partition coefficient (Wildman–Crippen LogP) is 3.67. The largest absolute Gasteiger partial charge is 0.487 e. The number of nitrogens with zero attached hydrogens (tertiary/aromatic N) is 1. The lowest BCUT2D eigenvalue weighted by Crippen LogP contribution is -2.01. The molecule has 0 atom stereocenters. The number of nitro groups is 1. The minimum Gasteiger partial charge on any atom is -0.487 e. The Morgan fingerprint density at radius 3 is 2.89 bits per heavy atom. The highest BCUT2D eigenvalue weighted by molar-refractivity contribution is 7.07.